The Kier molecular flexibility index (Phi) is 5.05. The van der Waals surface area contributed by atoms with Gasteiger partial charge in [-0.2, -0.15) is 0 Å². The number of carbonyl (C=O) groups excluding carboxylic acids is 1. The van der Waals surface area contributed by atoms with E-state index in [0.717, 1.165) is 30.0 Å². The lowest BCUT2D eigenvalue weighted by Gasteiger charge is -2.28. The zero-order valence-corrected chi connectivity index (χ0v) is 14.1. The van der Waals surface area contributed by atoms with Crippen LogP contribution >= 0.6 is 0 Å². The number of nitrogens with zero attached hydrogens (tertiary/aromatic N) is 3. The molecule has 0 saturated carbocycles. The Morgan fingerprint density at radius 2 is 1.96 bits per heavy atom. The first-order valence-corrected chi connectivity index (χ1v) is 8.14. The van der Waals surface area contributed by atoms with Gasteiger partial charge >= 0.3 is 0 Å². The van der Waals surface area contributed by atoms with Crippen LogP contribution in [0.3, 0.4) is 0 Å². The fourth-order valence-electron chi connectivity index (χ4n) is 2.70. The maximum Gasteiger partial charge on any atom is 0.270 e. The van der Waals surface area contributed by atoms with Gasteiger partial charge in [0.1, 0.15) is 17.3 Å². The first-order chi connectivity index (χ1) is 11.6. The fourth-order valence-corrected chi connectivity index (χ4v) is 2.70. The predicted molar refractivity (Wildman–Crippen MR) is 92.2 cm³/mol. The van der Waals surface area contributed by atoms with Gasteiger partial charge in [-0.15, -0.1) is 0 Å². The van der Waals surface area contributed by atoms with Gasteiger partial charge in [-0.1, -0.05) is 24.3 Å². The summed E-state index contributed by atoms with van der Waals surface area (Å²) in [4.78, 5) is 23.3. The molecule has 24 heavy (non-hydrogen) atoms. The third-order valence-electron chi connectivity index (χ3n) is 4.09. The summed E-state index contributed by atoms with van der Waals surface area (Å²) in [6, 6.07) is 9.77. The lowest BCUT2D eigenvalue weighted by Crippen LogP contribution is -2.37. The zero-order valence-electron chi connectivity index (χ0n) is 14.1. The number of morpholine rings is 1. The standard InChI is InChI=1S/C18H22N4O2/c1-13-5-3-4-6-15(13)12-19-18(23)16-11-17(21-14(2)20-16)22-7-9-24-10-8-22/h3-6,11H,7-10,12H2,1-2H3,(H,19,23). The van der Waals surface area contributed by atoms with E-state index in [1.54, 1.807) is 6.07 Å². The van der Waals surface area contributed by atoms with E-state index in [1.165, 1.54) is 0 Å². The van der Waals surface area contributed by atoms with E-state index < -0.39 is 0 Å². The average Bonchev–Trinajstić information content (AvgIpc) is 2.61. The van der Waals surface area contributed by atoms with Crippen molar-refractivity contribution in [2.45, 2.75) is 20.4 Å². The molecule has 1 aromatic heterocycles. The van der Waals surface area contributed by atoms with Crippen LogP contribution < -0.4 is 10.2 Å². The number of nitrogens with one attached hydrogen (secondary N) is 1. The van der Waals surface area contributed by atoms with E-state index in [0.29, 0.717) is 31.3 Å². The second-order valence-electron chi connectivity index (χ2n) is 5.87. The topological polar surface area (TPSA) is 67.4 Å². The number of anilines is 1. The molecule has 2 heterocycles. The van der Waals surface area contributed by atoms with Crippen molar-refractivity contribution >= 4 is 11.7 Å². The molecule has 6 heteroatoms. The molecule has 126 valence electrons. The summed E-state index contributed by atoms with van der Waals surface area (Å²) in [7, 11) is 0. The molecule has 1 N–H and O–H groups in total. The van der Waals surface area contributed by atoms with E-state index in [1.807, 2.05) is 38.1 Å². The predicted octanol–water partition coefficient (Wildman–Crippen LogP) is 1.86. The lowest BCUT2D eigenvalue weighted by molar-refractivity contribution is 0.0945. The van der Waals surface area contributed by atoms with Crippen LogP contribution in [0.25, 0.3) is 0 Å². The van der Waals surface area contributed by atoms with Crippen LogP contribution in [0.15, 0.2) is 30.3 Å². The molecule has 0 bridgehead atoms. The van der Waals surface area contributed by atoms with Crippen molar-refractivity contribution in [1.29, 1.82) is 0 Å². The number of ether oxygens (including phenoxy) is 1. The molecule has 1 aliphatic rings. The van der Waals surface area contributed by atoms with E-state index in [-0.39, 0.29) is 5.91 Å². The Balaban J connectivity index is 1.72. The molecule has 2 aromatic rings. The monoisotopic (exact) mass is 326 g/mol. The SMILES string of the molecule is Cc1nc(C(=O)NCc2ccccc2C)cc(N2CCOCC2)n1. The summed E-state index contributed by atoms with van der Waals surface area (Å²) in [6.45, 7) is 7.24. The van der Waals surface area contributed by atoms with Crippen molar-refractivity contribution < 1.29 is 9.53 Å². The molecule has 0 aliphatic carbocycles. The molecule has 0 unspecified atom stereocenters. The van der Waals surface area contributed by atoms with Crippen molar-refractivity contribution in [1.82, 2.24) is 15.3 Å². The first-order valence-electron chi connectivity index (χ1n) is 8.14. The average molecular weight is 326 g/mol. The van der Waals surface area contributed by atoms with Gasteiger partial charge in [0.25, 0.3) is 5.91 Å². The quantitative estimate of drug-likeness (QED) is 0.929. The van der Waals surface area contributed by atoms with Crippen LogP contribution in [0.5, 0.6) is 0 Å². The highest BCUT2D eigenvalue weighted by Crippen LogP contribution is 2.15. The maximum absolute atomic E-state index is 12.5. The summed E-state index contributed by atoms with van der Waals surface area (Å²) in [5.41, 5.74) is 2.66. The first kappa shape index (κ1) is 16.4. The van der Waals surface area contributed by atoms with Gasteiger partial charge in [0.2, 0.25) is 0 Å². The second-order valence-corrected chi connectivity index (χ2v) is 5.87. The molecule has 0 spiro atoms. The van der Waals surface area contributed by atoms with Gasteiger partial charge in [0.15, 0.2) is 0 Å². The van der Waals surface area contributed by atoms with Crippen LogP contribution in [0.4, 0.5) is 5.82 Å². The van der Waals surface area contributed by atoms with E-state index in [2.05, 4.69) is 20.2 Å². The molecule has 1 saturated heterocycles. The molecule has 0 atom stereocenters. The molecule has 3 rings (SSSR count). The van der Waals surface area contributed by atoms with Gasteiger partial charge in [-0.05, 0) is 25.0 Å². The van der Waals surface area contributed by atoms with E-state index in [9.17, 15) is 4.79 Å². The molecule has 1 amide bonds. The van der Waals surface area contributed by atoms with Crippen molar-refractivity contribution in [2.75, 3.05) is 31.2 Å². The minimum absolute atomic E-state index is 0.182. The molecule has 1 fully saturated rings. The smallest absolute Gasteiger partial charge is 0.270 e. The molecule has 6 nitrogen and oxygen atoms in total. The largest absolute Gasteiger partial charge is 0.378 e. The summed E-state index contributed by atoms with van der Waals surface area (Å²) in [5.74, 6) is 1.20. The maximum atomic E-state index is 12.5. The molecule has 1 aliphatic heterocycles. The van der Waals surface area contributed by atoms with Gasteiger partial charge in [0, 0.05) is 25.7 Å². The Morgan fingerprint density at radius 1 is 1.21 bits per heavy atom. The van der Waals surface area contributed by atoms with Crippen LogP contribution in [-0.2, 0) is 11.3 Å². The number of benzene rings is 1. The van der Waals surface area contributed by atoms with Crippen LogP contribution in [0.1, 0.15) is 27.4 Å². The number of amides is 1. The molecule has 0 radical (unpaired) electrons. The van der Waals surface area contributed by atoms with Crippen molar-refractivity contribution in [2.24, 2.45) is 0 Å². The second kappa shape index (κ2) is 7.40. The number of hydrogen-bond donors (Lipinski definition) is 1. The molecular weight excluding hydrogens is 304 g/mol. The highest BCUT2D eigenvalue weighted by Gasteiger charge is 2.16. The minimum Gasteiger partial charge on any atom is -0.378 e. The summed E-state index contributed by atoms with van der Waals surface area (Å²) in [6.07, 6.45) is 0. The molecule has 1 aromatic carbocycles. The minimum atomic E-state index is -0.182. The number of rotatable bonds is 4. The normalized spacial score (nSPS) is 14.5. The van der Waals surface area contributed by atoms with Gasteiger partial charge in [-0.3, -0.25) is 4.79 Å². The fraction of sp³-hybridized carbons (Fsp3) is 0.389. The third kappa shape index (κ3) is 3.89. The Morgan fingerprint density at radius 3 is 2.71 bits per heavy atom. The van der Waals surface area contributed by atoms with E-state index >= 15 is 0 Å². The Bertz CT molecular complexity index is 727. The van der Waals surface area contributed by atoms with Crippen molar-refractivity contribution in [3.05, 3.63) is 53.0 Å². The van der Waals surface area contributed by atoms with E-state index in [4.69, 9.17) is 4.74 Å². The Labute approximate surface area is 141 Å². The van der Waals surface area contributed by atoms with Crippen LogP contribution in [0.2, 0.25) is 0 Å². The van der Waals surface area contributed by atoms with Gasteiger partial charge in [0.05, 0.1) is 13.2 Å². The summed E-state index contributed by atoms with van der Waals surface area (Å²) >= 11 is 0. The van der Waals surface area contributed by atoms with Crippen molar-refractivity contribution in [3.63, 3.8) is 0 Å². The van der Waals surface area contributed by atoms with Gasteiger partial charge in [-0.25, -0.2) is 9.97 Å². The van der Waals surface area contributed by atoms with Gasteiger partial charge < -0.3 is 15.0 Å². The molecular formula is C18H22N4O2. The highest BCUT2D eigenvalue weighted by atomic mass is 16.5. The summed E-state index contributed by atoms with van der Waals surface area (Å²) < 4.78 is 5.36. The Hall–Kier alpha value is -2.47. The number of aromatic nitrogens is 2. The van der Waals surface area contributed by atoms with Crippen LogP contribution in [0, 0.1) is 13.8 Å². The van der Waals surface area contributed by atoms with Crippen LogP contribution in [-0.4, -0.2) is 42.2 Å². The third-order valence-corrected chi connectivity index (χ3v) is 4.09. The number of hydrogen-bond acceptors (Lipinski definition) is 5. The summed E-state index contributed by atoms with van der Waals surface area (Å²) in [5, 5.41) is 2.94. The highest BCUT2D eigenvalue weighted by molar-refractivity contribution is 5.92. The van der Waals surface area contributed by atoms with Crippen molar-refractivity contribution in [3.8, 4) is 0 Å². The number of aryl methyl sites for hydroxylation is 2. The number of carbonyl (C=O) groups is 1. The zero-order chi connectivity index (χ0) is 16.9. The lowest BCUT2D eigenvalue weighted by atomic mass is 10.1.